The van der Waals surface area contributed by atoms with E-state index >= 15 is 0 Å². The Hall–Kier alpha value is -1.97. The molecule has 88 valence electrons. The predicted molar refractivity (Wildman–Crippen MR) is 62.8 cm³/mol. The van der Waals surface area contributed by atoms with Gasteiger partial charge in [0, 0.05) is 12.1 Å². The Morgan fingerprint density at radius 1 is 1.24 bits per heavy atom. The number of rotatable bonds is 1. The van der Waals surface area contributed by atoms with Crippen molar-refractivity contribution in [2.75, 3.05) is 13.3 Å². The van der Waals surface area contributed by atoms with E-state index in [-0.39, 0.29) is 12.7 Å². The first kappa shape index (κ1) is 10.2. The standard InChI is InChI=1S/C13H13NO3/c15-13-10(2-1-5-14-13)6-9-3-4-11-12(7-9)17-8-16-11/h3-4,6-7H,1-2,5,8H2,(H,14,15)/b10-6+. The molecule has 0 spiro atoms. The summed E-state index contributed by atoms with van der Waals surface area (Å²) in [6.07, 6.45) is 3.75. The highest BCUT2D eigenvalue weighted by Gasteiger charge is 2.16. The van der Waals surface area contributed by atoms with E-state index in [2.05, 4.69) is 5.32 Å². The van der Waals surface area contributed by atoms with Crippen LogP contribution in [-0.2, 0) is 4.79 Å². The van der Waals surface area contributed by atoms with Gasteiger partial charge in [0.05, 0.1) is 0 Å². The number of carbonyl (C=O) groups excluding carboxylic acids is 1. The van der Waals surface area contributed by atoms with Gasteiger partial charge in [-0.1, -0.05) is 6.07 Å². The van der Waals surface area contributed by atoms with Gasteiger partial charge in [0.1, 0.15) is 0 Å². The number of piperidine rings is 1. The normalized spacial score (nSPS) is 20.5. The zero-order chi connectivity index (χ0) is 11.7. The van der Waals surface area contributed by atoms with Gasteiger partial charge in [-0.05, 0) is 36.6 Å². The van der Waals surface area contributed by atoms with Crippen LogP contribution in [0.25, 0.3) is 6.08 Å². The van der Waals surface area contributed by atoms with Crippen LogP contribution in [0, 0.1) is 0 Å². The third kappa shape index (κ3) is 1.98. The lowest BCUT2D eigenvalue weighted by atomic mass is 10.0. The number of amides is 1. The summed E-state index contributed by atoms with van der Waals surface area (Å²) in [6, 6.07) is 5.70. The van der Waals surface area contributed by atoms with Crippen molar-refractivity contribution < 1.29 is 14.3 Å². The molecule has 0 atom stereocenters. The van der Waals surface area contributed by atoms with Crippen molar-refractivity contribution in [3.05, 3.63) is 29.3 Å². The lowest BCUT2D eigenvalue weighted by Crippen LogP contribution is -2.30. The van der Waals surface area contributed by atoms with Crippen LogP contribution in [0.5, 0.6) is 11.5 Å². The molecule has 1 aromatic rings. The number of fused-ring (bicyclic) bond motifs is 1. The molecule has 17 heavy (non-hydrogen) atoms. The minimum Gasteiger partial charge on any atom is -0.454 e. The summed E-state index contributed by atoms with van der Waals surface area (Å²) < 4.78 is 10.5. The quantitative estimate of drug-likeness (QED) is 0.748. The summed E-state index contributed by atoms with van der Waals surface area (Å²) in [5.74, 6) is 1.55. The first-order valence-electron chi connectivity index (χ1n) is 5.71. The Bertz CT molecular complexity index is 493. The molecule has 0 bridgehead atoms. The minimum atomic E-state index is 0.0360. The van der Waals surface area contributed by atoms with Crippen molar-refractivity contribution in [3.63, 3.8) is 0 Å². The summed E-state index contributed by atoms with van der Waals surface area (Å²) >= 11 is 0. The van der Waals surface area contributed by atoms with Gasteiger partial charge in [-0.15, -0.1) is 0 Å². The molecule has 0 aliphatic carbocycles. The van der Waals surface area contributed by atoms with Gasteiger partial charge in [0.15, 0.2) is 11.5 Å². The number of hydrogen-bond acceptors (Lipinski definition) is 3. The molecule has 0 saturated carbocycles. The van der Waals surface area contributed by atoms with Gasteiger partial charge in [0.2, 0.25) is 12.7 Å². The van der Waals surface area contributed by atoms with Gasteiger partial charge in [-0.25, -0.2) is 0 Å². The van der Waals surface area contributed by atoms with Gasteiger partial charge < -0.3 is 14.8 Å². The molecule has 3 rings (SSSR count). The van der Waals surface area contributed by atoms with Crippen molar-refractivity contribution >= 4 is 12.0 Å². The summed E-state index contributed by atoms with van der Waals surface area (Å²) in [7, 11) is 0. The van der Waals surface area contributed by atoms with Crippen LogP contribution in [0.4, 0.5) is 0 Å². The summed E-state index contributed by atoms with van der Waals surface area (Å²) in [4.78, 5) is 11.6. The van der Waals surface area contributed by atoms with Crippen molar-refractivity contribution in [2.24, 2.45) is 0 Å². The lowest BCUT2D eigenvalue weighted by molar-refractivity contribution is -0.118. The fourth-order valence-corrected chi connectivity index (χ4v) is 2.05. The molecule has 1 amide bonds. The molecule has 2 heterocycles. The molecule has 2 aliphatic rings. The van der Waals surface area contributed by atoms with Gasteiger partial charge >= 0.3 is 0 Å². The Kier molecular flexibility index (Phi) is 2.48. The van der Waals surface area contributed by atoms with E-state index < -0.39 is 0 Å². The SMILES string of the molecule is O=C1NCCC/C1=C\c1ccc2c(c1)OCO2. The molecule has 2 aliphatic heterocycles. The zero-order valence-electron chi connectivity index (χ0n) is 9.36. The molecule has 1 saturated heterocycles. The predicted octanol–water partition coefficient (Wildman–Crippen LogP) is 1.71. The Morgan fingerprint density at radius 3 is 3.00 bits per heavy atom. The van der Waals surface area contributed by atoms with E-state index in [1.54, 1.807) is 0 Å². The molecule has 0 aromatic heterocycles. The minimum absolute atomic E-state index is 0.0360. The number of ether oxygens (including phenoxy) is 2. The van der Waals surface area contributed by atoms with Gasteiger partial charge in [-0.3, -0.25) is 4.79 Å². The highest BCUT2D eigenvalue weighted by molar-refractivity contribution is 5.98. The van der Waals surface area contributed by atoms with Gasteiger partial charge in [0.25, 0.3) is 0 Å². The first-order valence-corrected chi connectivity index (χ1v) is 5.71. The fraction of sp³-hybridized carbons (Fsp3) is 0.308. The van der Waals surface area contributed by atoms with Crippen molar-refractivity contribution in [1.29, 1.82) is 0 Å². The van der Waals surface area contributed by atoms with Crippen LogP contribution in [0.1, 0.15) is 18.4 Å². The van der Waals surface area contributed by atoms with E-state index in [1.807, 2.05) is 24.3 Å². The third-order valence-electron chi connectivity index (χ3n) is 2.94. The molecule has 0 unspecified atom stereocenters. The largest absolute Gasteiger partial charge is 0.454 e. The van der Waals surface area contributed by atoms with Gasteiger partial charge in [-0.2, -0.15) is 0 Å². The monoisotopic (exact) mass is 231 g/mol. The number of hydrogen-bond donors (Lipinski definition) is 1. The molecule has 0 radical (unpaired) electrons. The van der Waals surface area contributed by atoms with Crippen molar-refractivity contribution in [3.8, 4) is 11.5 Å². The maximum Gasteiger partial charge on any atom is 0.247 e. The third-order valence-corrected chi connectivity index (χ3v) is 2.94. The average molecular weight is 231 g/mol. The molecule has 4 nitrogen and oxygen atoms in total. The second kappa shape index (κ2) is 4.13. The highest BCUT2D eigenvalue weighted by Crippen LogP contribution is 2.33. The van der Waals surface area contributed by atoms with E-state index in [0.717, 1.165) is 42.0 Å². The number of benzene rings is 1. The number of carbonyl (C=O) groups is 1. The summed E-state index contributed by atoms with van der Waals surface area (Å²) in [6.45, 7) is 1.05. The van der Waals surface area contributed by atoms with Crippen LogP contribution in [0.3, 0.4) is 0 Å². The average Bonchev–Trinajstić information content (AvgIpc) is 2.79. The topological polar surface area (TPSA) is 47.6 Å². The van der Waals surface area contributed by atoms with Crippen LogP contribution in [-0.4, -0.2) is 19.2 Å². The smallest absolute Gasteiger partial charge is 0.247 e. The Morgan fingerprint density at radius 2 is 2.12 bits per heavy atom. The van der Waals surface area contributed by atoms with Crippen LogP contribution in [0.2, 0.25) is 0 Å². The molecule has 1 fully saturated rings. The fourth-order valence-electron chi connectivity index (χ4n) is 2.05. The first-order chi connectivity index (χ1) is 8.33. The zero-order valence-corrected chi connectivity index (χ0v) is 9.36. The maximum atomic E-state index is 11.6. The van der Waals surface area contributed by atoms with E-state index in [0.29, 0.717) is 0 Å². The molecule has 1 aromatic carbocycles. The number of nitrogens with one attached hydrogen (secondary N) is 1. The Balaban J connectivity index is 1.89. The van der Waals surface area contributed by atoms with Crippen LogP contribution in [0.15, 0.2) is 23.8 Å². The molecular formula is C13H13NO3. The van der Waals surface area contributed by atoms with E-state index in [9.17, 15) is 4.79 Å². The van der Waals surface area contributed by atoms with Crippen LogP contribution < -0.4 is 14.8 Å². The van der Waals surface area contributed by atoms with Crippen molar-refractivity contribution in [1.82, 2.24) is 5.32 Å². The van der Waals surface area contributed by atoms with Crippen LogP contribution >= 0.6 is 0 Å². The lowest BCUT2D eigenvalue weighted by Gasteiger charge is -2.14. The second-order valence-electron chi connectivity index (χ2n) is 4.14. The second-order valence-corrected chi connectivity index (χ2v) is 4.14. The summed E-state index contributed by atoms with van der Waals surface area (Å²) in [5, 5.41) is 2.84. The van der Waals surface area contributed by atoms with E-state index in [1.165, 1.54) is 0 Å². The Labute approximate surface area is 99.2 Å². The molecule has 1 N–H and O–H groups in total. The summed E-state index contributed by atoms with van der Waals surface area (Å²) in [5.41, 5.74) is 1.80. The maximum absolute atomic E-state index is 11.6. The van der Waals surface area contributed by atoms with Crippen molar-refractivity contribution in [2.45, 2.75) is 12.8 Å². The van der Waals surface area contributed by atoms with E-state index in [4.69, 9.17) is 9.47 Å². The molecular weight excluding hydrogens is 218 g/mol. The highest BCUT2D eigenvalue weighted by atomic mass is 16.7. The molecule has 4 heteroatoms.